The topological polar surface area (TPSA) is 88.3 Å². The summed E-state index contributed by atoms with van der Waals surface area (Å²) in [6.07, 6.45) is 3.58. The Kier molecular flexibility index (Phi) is 4.53. The third-order valence-corrected chi connectivity index (χ3v) is 5.24. The van der Waals surface area contributed by atoms with Crippen LogP contribution in [-0.4, -0.2) is 44.0 Å². The number of aromatic nitrogens is 1. The van der Waals surface area contributed by atoms with E-state index in [4.69, 9.17) is 17.3 Å². The van der Waals surface area contributed by atoms with Crippen LogP contribution in [0.5, 0.6) is 0 Å². The number of nitrogens with two attached hydrogens (primary N) is 1. The molecule has 1 aliphatic carbocycles. The smallest absolute Gasteiger partial charge is 0.242 e. The summed E-state index contributed by atoms with van der Waals surface area (Å²) in [6.45, 7) is 2.34. The van der Waals surface area contributed by atoms with Crippen molar-refractivity contribution < 1.29 is 8.42 Å². The fraction of sp³-hybridized carbons (Fsp3) is 0.583. The van der Waals surface area contributed by atoms with Crippen LogP contribution in [-0.2, 0) is 10.0 Å². The van der Waals surface area contributed by atoms with Crippen molar-refractivity contribution in [2.45, 2.75) is 36.7 Å². The van der Waals surface area contributed by atoms with E-state index in [0.717, 1.165) is 0 Å². The zero-order valence-electron chi connectivity index (χ0n) is 11.5. The maximum atomic E-state index is 12.1. The van der Waals surface area contributed by atoms with Gasteiger partial charge in [0.25, 0.3) is 0 Å². The van der Waals surface area contributed by atoms with Crippen molar-refractivity contribution in [2.24, 2.45) is 0 Å². The van der Waals surface area contributed by atoms with E-state index < -0.39 is 10.0 Å². The van der Waals surface area contributed by atoms with Gasteiger partial charge in [0.2, 0.25) is 10.0 Å². The normalized spacial score (nSPS) is 17.4. The predicted octanol–water partition coefficient (Wildman–Crippen LogP) is 1.08. The second kappa shape index (κ2) is 5.85. The van der Waals surface area contributed by atoms with Crippen LogP contribution in [0.2, 0.25) is 5.02 Å². The maximum Gasteiger partial charge on any atom is 0.242 e. The summed E-state index contributed by atoms with van der Waals surface area (Å²) in [7, 11) is -1.60. The molecule has 6 nitrogen and oxygen atoms in total. The largest absolute Gasteiger partial charge is 0.382 e. The summed E-state index contributed by atoms with van der Waals surface area (Å²) in [5.74, 6) is 0.118. The molecule has 0 bridgehead atoms. The number of hydrogen-bond acceptors (Lipinski definition) is 5. The highest BCUT2D eigenvalue weighted by atomic mass is 35.5. The maximum absolute atomic E-state index is 12.1. The van der Waals surface area contributed by atoms with E-state index in [1.165, 1.54) is 25.1 Å². The second-order valence-corrected chi connectivity index (χ2v) is 7.31. The molecule has 0 saturated heterocycles. The Morgan fingerprint density at radius 3 is 2.80 bits per heavy atom. The summed E-state index contributed by atoms with van der Waals surface area (Å²) in [5, 5.41) is 0.135. The highest BCUT2D eigenvalue weighted by Gasteiger charge is 2.29. The minimum Gasteiger partial charge on any atom is -0.382 e. The van der Waals surface area contributed by atoms with Crippen molar-refractivity contribution in [2.75, 3.05) is 19.3 Å². The standard InChI is InChI=1S/C12H19ClN4O2S/c1-8(17(2)9-3-4-9)6-16-20(18,19)10-5-11(13)12(14)15-7-10/h5,7-9,16H,3-4,6H2,1-2H3,(H2,14,15). The first-order valence-electron chi connectivity index (χ1n) is 6.44. The Morgan fingerprint density at radius 1 is 1.60 bits per heavy atom. The molecule has 1 aromatic heterocycles. The molecule has 1 aliphatic rings. The SMILES string of the molecule is CC(CNS(=O)(=O)c1cnc(N)c(Cl)c1)N(C)C1CC1. The predicted molar refractivity (Wildman–Crippen MR) is 79.1 cm³/mol. The van der Waals surface area contributed by atoms with E-state index >= 15 is 0 Å². The average molecular weight is 319 g/mol. The lowest BCUT2D eigenvalue weighted by Gasteiger charge is -2.24. The van der Waals surface area contributed by atoms with E-state index in [0.29, 0.717) is 12.6 Å². The number of halogens is 1. The van der Waals surface area contributed by atoms with Gasteiger partial charge in [-0.1, -0.05) is 11.6 Å². The third kappa shape index (κ3) is 3.60. The number of nitrogen functional groups attached to an aromatic ring is 1. The number of nitrogens with zero attached hydrogens (tertiary/aromatic N) is 2. The number of anilines is 1. The molecule has 20 heavy (non-hydrogen) atoms. The number of nitrogens with one attached hydrogen (secondary N) is 1. The molecule has 3 N–H and O–H groups in total. The lowest BCUT2D eigenvalue weighted by atomic mass is 10.3. The van der Waals surface area contributed by atoms with Gasteiger partial charge in [-0.05, 0) is 32.9 Å². The van der Waals surface area contributed by atoms with E-state index in [9.17, 15) is 8.42 Å². The van der Waals surface area contributed by atoms with Crippen LogP contribution in [0, 0.1) is 0 Å². The van der Waals surface area contributed by atoms with Gasteiger partial charge < -0.3 is 5.73 Å². The fourth-order valence-corrected chi connectivity index (χ4v) is 3.20. The van der Waals surface area contributed by atoms with Gasteiger partial charge in [-0.3, -0.25) is 4.90 Å². The monoisotopic (exact) mass is 318 g/mol. The molecule has 1 unspecified atom stereocenters. The quantitative estimate of drug-likeness (QED) is 0.819. The van der Waals surface area contributed by atoms with Crippen LogP contribution in [0.1, 0.15) is 19.8 Å². The molecular formula is C12H19ClN4O2S. The Bertz CT molecular complexity index is 589. The summed E-state index contributed by atoms with van der Waals surface area (Å²) in [4.78, 5) is 5.98. The van der Waals surface area contributed by atoms with E-state index in [1.807, 2.05) is 14.0 Å². The third-order valence-electron chi connectivity index (χ3n) is 3.54. The number of hydrogen-bond donors (Lipinski definition) is 2. The van der Waals surface area contributed by atoms with Gasteiger partial charge in [0.1, 0.15) is 10.7 Å². The first kappa shape index (κ1) is 15.5. The zero-order chi connectivity index (χ0) is 14.9. The van der Waals surface area contributed by atoms with Gasteiger partial charge in [0.05, 0.1) is 5.02 Å². The van der Waals surface area contributed by atoms with Gasteiger partial charge in [0.15, 0.2) is 0 Å². The minimum atomic E-state index is -3.61. The van der Waals surface area contributed by atoms with Gasteiger partial charge in [-0.15, -0.1) is 0 Å². The van der Waals surface area contributed by atoms with Gasteiger partial charge >= 0.3 is 0 Å². The Balaban J connectivity index is 2.01. The van der Waals surface area contributed by atoms with Crippen LogP contribution >= 0.6 is 11.6 Å². The van der Waals surface area contributed by atoms with Crippen LogP contribution in [0.3, 0.4) is 0 Å². The van der Waals surface area contributed by atoms with Crippen LogP contribution in [0.25, 0.3) is 0 Å². The molecule has 1 aromatic rings. The summed E-state index contributed by atoms with van der Waals surface area (Å²) in [5.41, 5.74) is 5.47. The van der Waals surface area contributed by atoms with Gasteiger partial charge in [-0.2, -0.15) is 0 Å². The highest BCUT2D eigenvalue weighted by Crippen LogP contribution is 2.27. The van der Waals surface area contributed by atoms with Gasteiger partial charge in [0, 0.05) is 24.8 Å². The summed E-state index contributed by atoms with van der Waals surface area (Å²) in [6, 6.07) is 2.03. The van der Waals surface area contributed by atoms with Crippen molar-refractivity contribution >= 4 is 27.4 Å². The van der Waals surface area contributed by atoms with Crippen molar-refractivity contribution in [3.05, 3.63) is 17.3 Å². The van der Waals surface area contributed by atoms with Crippen LogP contribution < -0.4 is 10.5 Å². The Morgan fingerprint density at radius 2 is 2.25 bits per heavy atom. The first-order valence-corrected chi connectivity index (χ1v) is 8.30. The van der Waals surface area contributed by atoms with Crippen LogP contribution in [0.15, 0.2) is 17.2 Å². The molecule has 8 heteroatoms. The number of sulfonamides is 1. The Hall–Kier alpha value is -0.890. The van der Waals surface area contributed by atoms with Crippen molar-refractivity contribution in [3.63, 3.8) is 0 Å². The number of rotatable bonds is 6. The molecule has 0 amide bonds. The first-order chi connectivity index (χ1) is 9.31. The molecule has 0 aliphatic heterocycles. The molecule has 0 spiro atoms. The molecule has 1 atom stereocenters. The average Bonchev–Trinajstić information content (AvgIpc) is 3.22. The molecule has 2 rings (SSSR count). The highest BCUT2D eigenvalue weighted by molar-refractivity contribution is 7.89. The van der Waals surface area contributed by atoms with Gasteiger partial charge in [-0.25, -0.2) is 18.1 Å². The minimum absolute atomic E-state index is 0.0259. The number of pyridine rings is 1. The van der Waals surface area contributed by atoms with Crippen LogP contribution in [0.4, 0.5) is 5.82 Å². The zero-order valence-corrected chi connectivity index (χ0v) is 13.1. The molecule has 0 radical (unpaired) electrons. The lowest BCUT2D eigenvalue weighted by Crippen LogP contribution is -2.41. The summed E-state index contributed by atoms with van der Waals surface area (Å²) < 4.78 is 26.9. The number of likely N-dealkylation sites (N-methyl/N-ethyl adjacent to an activating group) is 1. The molecule has 1 fully saturated rings. The summed E-state index contributed by atoms with van der Waals surface area (Å²) >= 11 is 5.79. The molecule has 0 aromatic carbocycles. The fourth-order valence-electron chi connectivity index (χ4n) is 1.88. The second-order valence-electron chi connectivity index (χ2n) is 5.14. The Labute approximate surface area is 124 Å². The van der Waals surface area contributed by atoms with E-state index in [-0.39, 0.29) is 21.8 Å². The lowest BCUT2D eigenvalue weighted by molar-refractivity contribution is 0.248. The molecule has 112 valence electrons. The van der Waals surface area contributed by atoms with Crippen molar-refractivity contribution in [1.29, 1.82) is 0 Å². The molecular weight excluding hydrogens is 300 g/mol. The molecule has 1 saturated carbocycles. The molecule has 1 heterocycles. The van der Waals surface area contributed by atoms with Crippen molar-refractivity contribution in [1.82, 2.24) is 14.6 Å². The van der Waals surface area contributed by atoms with E-state index in [2.05, 4.69) is 14.6 Å². The van der Waals surface area contributed by atoms with E-state index in [1.54, 1.807) is 0 Å². The van der Waals surface area contributed by atoms with Crippen molar-refractivity contribution in [3.8, 4) is 0 Å².